The molecule has 0 amide bonds. The van der Waals surface area contributed by atoms with E-state index in [1.54, 1.807) is 0 Å². The normalized spacial score (nSPS) is 16.5. The molecule has 0 rings (SSSR count). The van der Waals surface area contributed by atoms with E-state index in [9.17, 15) is 119 Å². The largest absolute Gasteiger partial charge is 0.454 e. The Morgan fingerprint density at radius 1 is 0.293 bits per heavy atom. The number of allylic oxidation sites excluding steroid dienone is 1. The Kier molecular flexibility index (Phi) is 8.77. The molecule has 0 N–H and O–H groups in total. The van der Waals surface area contributed by atoms with Crippen LogP contribution in [0.5, 0.6) is 0 Å². The van der Waals surface area contributed by atoms with Crippen LogP contribution in [-0.2, 0) is 4.79 Å². The fraction of sp³-hybridized carbons (Fsp3) is 0.857. The van der Waals surface area contributed by atoms with E-state index in [4.69, 9.17) is 0 Å². The molecule has 244 valence electrons. The van der Waals surface area contributed by atoms with E-state index in [2.05, 4.69) is 0 Å². The molecule has 0 saturated carbocycles. The van der Waals surface area contributed by atoms with E-state index in [1.165, 1.54) is 0 Å². The fourth-order valence-electron chi connectivity index (χ4n) is 3.30. The summed E-state index contributed by atoms with van der Waals surface area (Å²) in [7, 11) is 0. The molecule has 1 nitrogen and oxygen atoms in total. The van der Waals surface area contributed by atoms with Gasteiger partial charge in [0.15, 0.2) is 0 Å². The van der Waals surface area contributed by atoms with Gasteiger partial charge in [-0.3, -0.25) is 0 Å². The van der Waals surface area contributed by atoms with Crippen LogP contribution in [0.1, 0.15) is 0 Å². The zero-order valence-electron chi connectivity index (χ0n) is 17.2. The minimum atomic E-state index is -10.1. The van der Waals surface area contributed by atoms with Gasteiger partial charge < -0.3 is 0 Å². The molecule has 0 radical (unpaired) electrons. The first-order valence-corrected chi connectivity index (χ1v) is 8.37. The van der Waals surface area contributed by atoms with Crippen LogP contribution in [0.15, 0.2) is 5.57 Å². The van der Waals surface area contributed by atoms with Crippen LogP contribution in [0.3, 0.4) is 0 Å². The van der Waals surface area contributed by atoms with Crippen molar-refractivity contribution in [1.29, 1.82) is 0 Å². The molecule has 0 atom stereocenters. The van der Waals surface area contributed by atoms with Crippen molar-refractivity contribution in [2.24, 2.45) is 10.8 Å². The molecule has 0 aliphatic heterocycles. The maximum Gasteiger partial charge on any atom is 0.454 e. The SMILES string of the molecule is O=C=C(C(C(F)(F)F)(C(F)(F)C(F)(F)F)C(F)(F)C(F)(F)F)C(C(F)(F)F)(C(F)(F)C(F)(F)F)C(F)(F)C(F)(F)F. The average Bonchev–Trinajstić information content (AvgIpc) is 2.60. The van der Waals surface area contributed by atoms with Gasteiger partial charge in [-0.15, -0.1) is 0 Å². The van der Waals surface area contributed by atoms with Crippen molar-refractivity contribution in [1.82, 2.24) is 0 Å². The van der Waals surface area contributed by atoms with Crippen molar-refractivity contribution < 1.29 is 119 Å². The van der Waals surface area contributed by atoms with E-state index < -0.39 is 83.1 Å². The summed E-state index contributed by atoms with van der Waals surface area (Å²) in [5.41, 5.74) is -27.4. The van der Waals surface area contributed by atoms with Crippen molar-refractivity contribution in [3.05, 3.63) is 5.57 Å². The number of carbonyl (C=O) groups excluding carboxylic acids is 1. The van der Waals surface area contributed by atoms with E-state index in [0.717, 1.165) is 0 Å². The minimum Gasteiger partial charge on any atom is -0.233 e. The second-order valence-corrected chi connectivity index (χ2v) is 7.26. The van der Waals surface area contributed by atoms with Crippen LogP contribution in [0.25, 0.3) is 0 Å². The number of hydrogen-bond donors (Lipinski definition) is 0. The van der Waals surface area contributed by atoms with Crippen LogP contribution in [0, 0.1) is 10.8 Å². The molecule has 0 fully saturated rings. The van der Waals surface area contributed by atoms with Gasteiger partial charge in [0.25, 0.3) is 0 Å². The third kappa shape index (κ3) is 4.63. The lowest BCUT2D eigenvalue weighted by Crippen LogP contribution is -2.79. The highest BCUT2D eigenvalue weighted by molar-refractivity contribution is 5.63. The van der Waals surface area contributed by atoms with Crippen molar-refractivity contribution in [2.45, 2.75) is 60.7 Å². The molecule has 0 aliphatic rings. The molecule has 41 heavy (non-hydrogen) atoms. The highest BCUT2D eigenvalue weighted by Crippen LogP contribution is 2.78. The first-order chi connectivity index (χ1) is 17.2. The zero-order chi connectivity index (χ0) is 34.3. The third-order valence-electron chi connectivity index (χ3n) is 5.01. The van der Waals surface area contributed by atoms with Crippen molar-refractivity contribution in [3.8, 4) is 0 Å². The Morgan fingerprint density at radius 3 is 0.512 bits per heavy atom. The fourth-order valence-corrected chi connectivity index (χ4v) is 3.30. The lowest BCUT2D eigenvalue weighted by molar-refractivity contribution is -0.483. The van der Waals surface area contributed by atoms with Gasteiger partial charge >= 0.3 is 60.7 Å². The topological polar surface area (TPSA) is 17.1 Å². The molecule has 0 aromatic heterocycles. The highest BCUT2D eigenvalue weighted by Gasteiger charge is 3.03. The average molecular weight is 678 g/mol. The summed E-state index contributed by atoms with van der Waals surface area (Å²) in [6.07, 6.45) is -55.5. The third-order valence-corrected chi connectivity index (χ3v) is 5.01. The Balaban J connectivity index is 9.77. The summed E-state index contributed by atoms with van der Waals surface area (Å²) in [6.45, 7) is 0. The Morgan fingerprint density at radius 2 is 0.439 bits per heavy atom. The van der Waals surface area contributed by atoms with Crippen LogP contribution >= 0.6 is 0 Å². The molecule has 0 unspecified atom stereocenters. The Bertz CT molecular complexity index is 885. The maximum absolute atomic E-state index is 14.1. The van der Waals surface area contributed by atoms with Gasteiger partial charge in [0, 0.05) is 0 Å². The Labute approximate surface area is 203 Å². The molecule has 0 aromatic carbocycles. The van der Waals surface area contributed by atoms with Gasteiger partial charge in [0.05, 0.1) is 5.57 Å². The van der Waals surface area contributed by atoms with Gasteiger partial charge in [-0.2, -0.15) is 114 Å². The molecule has 0 saturated heterocycles. The van der Waals surface area contributed by atoms with Crippen LogP contribution < -0.4 is 0 Å². The van der Waals surface area contributed by atoms with Crippen LogP contribution in [0.2, 0.25) is 0 Å². The van der Waals surface area contributed by atoms with Crippen molar-refractivity contribution in [2.75, 3.05) is 0 Å². The maximum atomic E-state index is 14.1. The molecule has 0 spiro atoms. The Hall–Kier alpha value is -2.37. The van der Waals surface area contributed by atoms with Gasteiger partial charge in [-0.25, -0.2) is 4.79 Å². The van der Waals surface area contributed by atoms with Gasteiger partial charge in [0.1, 0.15) is 5.94 Å². The molecule has 0 aliphatic carbocycles. The number of halogens is 26. The van der Waals surface area contributed by atoms with Crippen molar-refractivity contribution >= 4 is 5.94 Å². The van der Waals surface area contributed by atoms with E-state index in [0.29, 0.717) is 0 Å². The molecular weight excluding hydrogens is 678 g/mol. The molecule has 0 heterocycles. The predicted molar refractivity (Wildman–Crippen MR) is 70.2 cm³/mol. The summed E-state index contributed by atoms with van der Waals surface area (Å²) < 4.78 is 348. The van der Waals surface area contributed by atoms with E-state index in [1.807, 2.05) is 0 Å². The van der Waals surface area contributed by atoms with Gasteiger partial charge in [-0.05, 0) is 0 Å². The quantitative estimate of drug-likeness (QED) is 0.203. The first-order valence-electron chi connectivity index (χ1n) is 8.37. The molecule has 27 heteroatoms. The molecule has 0 aromatic rings. The number of alkyl halides is 26. The van der Waals surface area contributed by atoms with Crippen molar-refractivity contribution in [3.63, 3.8) is 0 Å². The van der Waals surface area contributed by atoms with Crippen LogP contribution in [-0.4, -0.2) is 66.7 Å². The molecular formula is C14F26O. The smallest absolute Gasteiger partial charge is 0.233 e. The van der Waals surface area contributed by atoms with E-state index in [-0.39, 0.29) is 0 Å². The monoisotopic (exact) mass is 678 g/mol. The summed E-state index contributed by atoms with van der Waals surface area (Å²) in [5, 5.41) is 0. The molecule has 0 bridgehead atoms. The van der Waals surface area contributed by atoms with Gasteiger partial charge in [-0.1, -0.05) is 0 Å². The zero-order valence-corrected chi connectivity index (χ0v) is 17.2. The lowest BCUT2D eigenvalue weighted by atomic mass is 9.55. The van der Waals surface area contributed by atoms with Gasteiger partial charge in [0.2, 0.25) is 10.8 Å². The highest BCUT2D eigenvalue weighted by atomic mass is 19.5. The second-order valence-electron chi connectivity index (χ2n) is 7.26. The number of rotatable bonds is 6. The summed E-state index contributed by atoms with van der Waals surface area (Å²) in [5.74, 6) is -41.5. The second kappa shape index (κ2) is 9.31. The first kappa shape index (κ1) is 38.6. The summed E-state index contributed by atoms with van der Waals surface area (Å²) in [6, 6.07) is 0. The van der Waals surface area contributed by atoms with E-state index >= 15 is 0 Å². The number of hydrogen-bond acceptors (Lipinski definition) is 1. The summed E-state index contributed by atoms with van der Waals surface area (Å²) in [4.78, 5) is 10.8. The predicted octanol–water partition coefficient (Wildman–Crippen LogP) is 8.63. The van der Waals surface area contributed by atoms with Crippen LogP contribution in [0.4, 0.5) is 114 Å². The minimum absolute atomic E-state index is 2.38. The summed E-state index contributed by atoms with van der Waals surface area (Å²) >= 11 is 0. The lowest BCUT2D eigenvalue weighted by Gasteiger charge is -2.54. The standard InChI is InChI=1S/C14F26O/c15-5(16,11(29,30)31)3(9(23,24)25,6(17,18)12(32,33)34)2(1-41)4(10(26,27)28,7(19,20)13(35,36)37)8(21,22)14(38,39)40.